The molecule has 0 radical (unpaired) electrons. The largest absolute Gasteiger partial charge is 0.356 e. The molecular formula is C16H15N3S2. The molecule has 3 aromatic rings. The molecule has 0 amide bonds. The van der Waals surface area contributed by atoms with E-state index in [9.17, 15) is 0 Å². The summed E-state index contributed by atoms with van der Waals surface area (Å²) in [7, 11) is 0. The van der Waals surface area contributed by atoms with Crippen molar-refractivity contribution in [2.24, 2.45) is 0 Å². The zero-order chi connectivity index (χ0) is 14.7. The first-order valence-corrected chi connectivity index (χ1v) is 7.90. The number of nitrogens with one attached hydrogen (secondary N) is 2. The van der Waals surface area contributed by atoms with Gasteiger partial charge in [0.15, 0.2) is 5.11 Å². The maximum absolute atomic E-state index is 5.33. The maximum atomic E-state index is 5.33. The van der Waals surface area contributed by atoms with Crippen LogP contribution in [0.2, 0.25) is 0 Å². The van der Waals surface area contributed by atoms with Crippen LogP contribution >= 0.6 is 23.6 Å². The maximum Gasteiger partial charge on any atom is 0.171 e. The highest BCUT2D eigenvalue weighted by Crippen LogP contribution is 2.21. The van der Waals surface area contributed by atoms with Crippen LogP contribution in [0.5, 0.6) is 0 Å². The predicted molar refractivity (Wildman–Crippen MR) is 93.9 cm³/mol. The van der Waals surface area contributed by atoms with E-state index in [1.165, 1.54) is 10.3 Å². The van der Waals surface area contributed by atoms with Crippen LogP contribution in [0.15, 0.2) is 48.5 Å². The third-order valence-electron chi connectivity index (χ3n) is 3.13. The summed E-state index contributed by atoms with van der Waals surface area (Å²) in [4.78, 5) is 4.58. The van der Waals surface area contributed by atoms with Crippen LogP contribution in [-0.2, 0) is 6.54 Å². The number of nitrogens with zero attached hydrogens (tertiary/aromatic N) is 1. The number of hydrogen-bond acceptors (Lipinski definition) is 3. The molecule has 0 aliphatic rings. The number of anilines is 1. The smallest absolute Gasteiger partial charge is 0.171 e. The molecule has 21 heavy (non-hydrogen) atoms. The second-order valence-corrected chi connectivity index (χ2v) is 6.22. The van der Waals surface area contributed by atoms with Crippen molar-refractivity contribution in [3.8, 4) is 0 Å². The summed E-state index contributed by atoms with van der Waals surface area (Å²) in [6, 6.07) is 16.2. The van der Waals surface area contributed by atoms with Gasteiger partial charge in [-0.25, -0.2) is 4.98 Å². The fourth-order valence-corrected chi connectivity index (χ4v) is 3.12. The Labute approximate surface area is 133 Å². The van der Waals surface area contributed by atoms with E-state index in [0.29, 0.717) is 11.7 Å². The molecule has 1 aromatic heterocycles. The fraction of sp³-hybridized carbons (Fsp3) is 0.125. The summed E-state index contributed by atoms with van der Waals surface area (Å²) in [5.74, 6) is 0. The van der Waals surface area contributed by atoms with E-state index in [1.54, 1.807) is 11.3 Å². The minimum absolute atomic E-state index is 0.614. The highest BCUT2D eigenvalue weighted by atomic mass is 32.1. The molecule has 3 nitrogen and oxygen atoms in total. The molecule has 0 spiro atoms. The number of thiazole rings is 1. The molecule has 3 rings (SSSR count). The lowest BCUT2D eigenvalue weighted by Gasteiger charge is -2.11. The van der Waals surface area contributed by atoms with E-state index >= 15 is 0 Å². The van der Waals surface area contributed by atoms with Crippen molar-refractivity contribution in [1.29, 1.82) is 0 Å². The monoisotopic (exact) mass is 313 g/mol. The van der Waals surface area contributed by atoms with Gasteiger partial charge >= 0.3 is 0 Å². The number of aryl methyl sites for hydroxylation is 1. The molecule has 0 unspecified atom stereocenters. The van der Waals surface area contributed by atoms with Crippen LogP contribution in [0.4, 0.5) is 5.69 Å². The minimum atomic E-state index is 0.614. The fourth-order valence-electron chi connectivity index (χ4n) is 2.03. The van der Waals surface area contributed by atoms with E-state index < -0.39 is 0 Å². The van der Waals surface area contributed by atoms with Crippen molar-refractivity contribution in [2.45, 2.75) is 13.5 Å². The van der Waals surface area contributed by atoms with E-state index in [-0.39, 0.29) is 0 Å². The molecule has 0 fully saturated rings. The number of aromatic nitrogens is 1. The SMILES string of the molecule is Cc1ccccc1NC(=S)NCc1nc2ccccc2s1. The summed E-state index contributed by atoms with van der Waals surface area (Å²) in [6.07, 6.45) is 0. The Bertz CT molecular complexity index is 747. The Morgan fingerprint density at radius 1 is 1.14 bits per heavy atom. The van der Waals surface area contributed by atoms with Gasteiger partial charge in [-0.15, -0.1) is 11.3 Å². The van der Waals surface area contributed by atoms with E-state index in [4.69, 9.17) is 12.2 Å². The summed E-state index contributed by atoms with van der Waals surface area (Å²) in [6.45, 7) is 2.69. The molecule has 0 saturated heterocycles. The first-order chi connectivity index (χ1) is 10.2. The summed E-state index contributed by atoms with van der Waals surface area (Å²) >= 11 is 7.02. The zero-order valence-corrected chi connectivity index (χ0v) is 13.2. The van der Waals surface area contributed by atoms with Crippen LogP contribution < -0.4 is 10.6 Å². The van der Waals surface area contributed by atoms with Crippen LogP contribution in [-0.4, -0.2) is 10.1 Å². The Morgan fingerprint density at radius 2 is 1.90 bits per heavy atom. The average Bonchev–Trinajstić information content (AvgIpc) is 2.90. The molecule has 1 heterocycles. The number of thiocarbonyl (C=S) groups is 1. The van der Waals surface area contributed by atoms with Crippen LogP contribution in [0, 0.1) is 6.92 Å². The van der Waals surface area contributed by atoms with Gasteiger partial charge in [0, 0.05) is 5.69 Å². The van der Waals surface area contributed by atoms with Gasteiger partial charge in [0.2, 0.25) is 0 Å². The predicted octanol–water partition coefficient (Wildman–Crippen LogP) is 4.09. The van der Waals surface area contributed by atoms with Gasteiger partial charge in [0.05, 0.1) is 16.8 Å². The highest BCUT2D eigenvalue weighted by molar-refractivity contribution is 7.80. The quantitative estimate of drug-likeness (QED) is 0.714. The molecule has 106 valence electrons. The molecule has 2 aromatic carbocycles. The molecule has 0 saturated carbocycles. The molecule has 0 atom stereocenters. The van der Waals surface area contributed by atoms with E-state index in [0.717, 1.165) is 16.2 Å². The minimum Gasteiger partial charge on any atom is -0.356 e. The summed E-state index contributed by atoms with van der Waals surface area (Å²) in [5, 5.41) is 8.06. The third-order valence-corrected chi connectivity index (χ3v) is 4.41. The van der Waals surface area contributed by atoms with E-state index in [1.807, 2.05) is 36.4 Å². The van der Waals surface area contributed by atoms with Crippen molar-refractivity contribution in [2.75, 3.05) is 5.32 Å². The highest BCUT2D eigenvalue weighted by Gasteiger charge is 2.04. The molecule has 0 bridgehead atoms. The second-order valence-electron chi connectivity index (χ2n) is 4.70. The van der Waals surface area contributed by atoms with Gasteiger partial charge in [-0.1, -0.05) is 30.3 Å². The molecule has 0 aliphatic heterocycles. The average molecular weight is 313 g/mol. The standard InChI is InChI=1S/C16H15N3S2/c1-11-6-2-3-7-12(11)19-16(20)17-10-15-18-13-8-4-5-9-14(13)21-15/h2-9H,10H2,1H3,(H2,17,19,20). The van der Waals surface area contributed by atoms with Crippen molar-refractivity contribution < 1.29 is 0 Å². The van der Waals surface area contributed by atoms with Gasteiger partial charge in [0.25, 0.3) is 0 Å². The molecule has 5 heteroatoms. The van der Waals surface area contributed by atoms with Crippen molar-refractivity contribution >= 4 is 44.6 Å². The summed E-state index contributed by atoms with van der Waals surface area (Å²) in [5.41, 5.74) is 3.23. The Kier molecular flexibility index (Phi) is 4.13. The van der Waals surface area contributed by atoms with Gasteiger partial charge in [-0.05, 0) is 42.9 Å². The second kappa shape index (κ2) is 6.20. The molecule has 0 aliphatic carbocycles. The number of benzene rings is 2. The van der Waals surface area contributed by atoms with Crippen molar-refractivity contribution in [3.05, 3.63) is 59.1 Å². The Hall–Kier alpha value is -1.98. The lowest BCUT2D eigenvalue weighted by atomic mass is 10.2. The van der Waals surface area contributed by atoms with Crippen LogP contribution in [0.25, 0.3) is 10.2 Å². The summed E-state index contributed by atoms with van der Waals surface area (Å²) < 4.78 is 1.20. The number of hydrogen-bond donors (Lipinski definition) is 2. The van der Waals surface area contributed by atoms with Gasteiger partial charge in [-0.3, -0.25) is 0 Å². The number of fused-ring (bicyclic) bond motifs is 1. The normalized spacial score (nSPS) is 10.5. The number of rotatable bonds is 3. The Morgan fingerprint density at radius 3 is 2.71 bits per heavy atom. The number of para-hydroxylation sites is 2. The van der Waals surface area contributed by atoms with Gasteiger partial charge < -0.3 is 10.6 Å². The topological polar surface area (TPSA) is 37.0 Å². The van der Waals surface area contributed by atoms with Crippen molar-refractivity contribution in [1.82, 2.24) is 10.3 Å². The first-order valence-electron chi connectivity index (χ1n) is 6.67. The Balaban J connectivity index is 1.62. The lowest BCUT2D eigenvalue weighted by Crippen LogP contribution is -2.28. The van der Waals surface area contributed by atoms with E-state index in [2.05, 4.69) is 34.7 Å². The first kappa shape index (κ1) is 14.0. The third kappa shape index (κ3) is 3.37. The zero-order valence-electron chi connectivity index (χ0n) is 11.6. The van der Waals surface area contributed by atoms with Gasteiger partial charge in [0.1, 0.15) is 5.01 Å². The molecular weight excluding hydrogens is 298 g/mol. The van der Waals surface area contributed by atoms with Crippen LogP contribution in [0.3, 0.4) is 0 Å². The lowest BCUT2D eigenvalue weighted by molar-refractivity contribution is 0.915. The van der Waals surface area contributed by atoms with Crippen LogP contribution in [0.1, 0.15) is 10.6 Å². The van der Waals surface area contributed by atoms with Gasteiger partial charge in [-0.2, -0.15) is 0 Å². The molecule has 2 N–H and O–H groups in total. The van der Waals surface area contributed by atoms with Crippen molar-refractivity contribution in [3.63, 3.8) is 0 Å².